The number of likely N-dealkylation sites (tertiary alicyclic amines) is 2. The van der Waals surface area contributed by atoms with Crippen LogP contribution in [0.2, 0.25) is 0 Å². The fourth-order valence-electron chi connectivity index (χ4n) is 4.90. The van der Waals surface area contributed by atoms with Crippen LogP contribution in [0, 0.1) is 5.92 Å². The van der Waals surface area contributed by atoms with E-state index in [0.717, 1.165) is 36.6 Å². The molecule has 0 radical (unpaired) electrons. The van der Waals surface area contributed by atoms with Crippen molar-refractivity contribution in [2.45, 2.75) is 38.6 Å². The first kappa shape index (κ1) is 22.0. The molecule has 3 heterocycles. The van der Waals surface area contributed by atoms with Gasteiger partial charge in [-0.05, 0) is 83.9 Å². The van der Waals surface area contributed by atoms with Crippen LogP contribution in [0.5, 0.6) is 5.88 Å². The maximum atomic E-state index is 12.8. The van der Waals surface area contributed by atoms with Crippen LogP contribution in [0.25, 0.3) is 10.9 Å². The van der Waals surface area contributed by atoms with Crippen molar-refractivity contribution in [3.8, 4) is 5.88 Å². The topological polar surface area (TPSA) is 61.8 Å². The Labute approximate surface area is 185 Å². The molecular weight excluding hydrogens is 390 g/mol. The Hall–Kier alpha value is -2.25. The fourth-order valence-corrected chi connectivity index (χ4v) is 4.90. The molecule has 1 aromatic heterocycles. The van der Waals surface area contributed by atoms with Crippen LogP contribution in [-0.4, -0.2) is 89.5 Å². The first-order valence-electron chi connectivity index (χ1n) is 11.7. The lowest BCUT2D eigenvalue weighted by atomic mass is 9.93. The van der Waals surface area contributed by atoms with Crippen LogP contribution in [0.15, 0.2) is 30.6 Å². The van der Waals surface area contributed by atoms with Crippen LogP contribution >= 0.6 is 0 Å². The molecule has 2 saturated heterocycles. The molecule has 0 aliphatic carbocycles. The molecule has 1 aromatic carbocycles. The molecule has 2 fully saturated rings. The number of carbonyl (C=O) groups excluding carboxylic acids is 1. The number of fused-ring (bicyclic) bond motifs is 1. The third-order valence-corrected chi connectivity index (χ3v) is 6.91. The highest BCUT2D eigenvalue weighted by Crippen LogP contribution is 2.25. The second kappa shape index (κ2) is 10.4. The third-order valence-electron chi connectivity index (χ3n) is 6.91. The molecule has 168 valence electrons. The molecule has 0 N–H and O–H groups in total. The molecule has 1 amide bonds. The van der Waals surface area contributed by atoms with Crippen molar-refractivity contribution in [3.63, 3.8) is 0 Å². The van der Waals surface area contributed by atoms with Crippen molar-refractivity contribution in [2.24, 2.45) is 5.92 Å². The van der Waals surface area contributed by atoms with Crippen molar-refractivity contribution in [1.29, 1.82) is 0 Å². The highest BCUT2D eigenvalue weighted by Gasteiger charge is 2.28. The molecule has 0 bridgehead atoms. The predicted molar refractivity (Wildman–Crippen MR) is 122 cm³/mol. The van der Waals surface area contributed by atoms with Gasteiger partial charge in [-0.2, -0.15) is 0 Å². The molecule has 2 aromatic rings. The number of amides is 1. The smallest absolute Gasteiger partial charge is 0.260 e. The number of carbonyl (C=O) groups is 1. The van der Waals surface area contributed by atoms with Crippen LogP contribution in [0.4, 0.5) is 0 Å². The standard InChI is InChI=1S/C24H35N5O2/c1-3-28(16-19-8-14-29(15-9-19)20-10-12-27(2)13-11-20)23(30)17-31-24-21-6-4-5-7-22(21)25-18-26-24/h4-7,18-20H,3,8-17H2,1-2H3. The summed E-state index contributed by atoms with van der Waals surface area (Å²) in [4.78, 5) is 28.4. The highest BCUT2D eigenvalue weighted by molar-refractivity contribution is 5.84. The van der Waals surface area contributed by atoms with E-state index < -0.39 is 0 Å². The Morgan fingerprint density at radius 1 is 1.10 bits per heavy atom. The average molecular weight is 426 g/mol. The fraction of sp³-hybridized carbons (Fsp3) is 0.625. The number of benzene rings is 1. The van der Waals surface area contributed by atoms with Crippen molar-refractivity contribution >= 4 is 16.8 Å². The van der Waals surface area contributed by atoms with Gasteiger partial charge in [-0.3, -0.25) is 4.79 Å². The van der Waals surface area contributed by atoms with E-state index in [-0.39, 0.29) is 12.5 Å². The summed E-state index contributed by atoms with van der Waals surface area (Å²) in [5.74, 6) is 1.08. The minimum Gasteiger partial charge on any atom is -0.467 e. The number of hydrogen-bond donors (Lipinski definition) is 0. The van der Waals surface area contributed by atoms with E-state index in [4.69, 9.17) is 4.74 Å². The Balaban J connectivity index is 1.26. The lowest BCUT2D eigenvalue weighted by molar-refractivity contribution is -0.134. The van der Waals surface area contributed by atoms with Gasteiger partial charge in [-0.25, -0.2) is 9.97 Å². The number of nitrogens with zero attached hydrogens (tertiary/aromatic N) is 5. The van der Waals surface area contributed by atoms with E-state index in [9.17, 15) is 4.79 Å². The first-order chi connectivity index (χ1) is 15.1. The minimum absolute atomic E-state index is 0.0171. The Bertz CT molecular complexity index is 855. The second-order valence-electron chi connectivity index (χ2n) is 8.93. The summed E-state index contributed by atoms with van der Waals surface area (Å²) < 4.78 is 5.80. The number of rotatable bonds is 7. The number of hydrogen-bond acceptors (Lipinski definition) is 6. The SMILES string of the molecule is CCN(CC1CCN(C2CCN(C)CC2)CC1)C(=O)COc1ncnc2ccccc12. The maximum absolute atomic E-state index is 12.8. The minimum atomic E-state index is 0.0171. The number of ether oxygens (including phenoxy) is 1. The molecule has 0 atom stereocenters. The van der Waals surface area contributed by atoms with E-state index in [1.54, 1.807) is 0 Å². The zero-order valence-corrected chi connectivity index (χ0v) is 18.9. The van der Waals surface area contributed by atoms with Gasteiger partial charge in [0.15, 0.2) is 6.61 Å². The molecular formula is C24H35N5O2. The molecule has 2 aliphatic rings. The van der Waals surface area contributed by atoms with E-state index in [1.165, 1.54) is 45.1 Å². The summed E-state index contributed by atoms with van der Waals surface area (Å²) in [5, 5.41) is 0.835. The van der Waals surface area contributed by atoms with E-state index in [1.807, 2.05) is 36.1 Å². The number of likely N-dealkylation sites (N-methyl/N-ethyl adjacent to an activating group) is 1. The van der Waals surface area contributed by atoms with Crippen LogP contribution in [0.3, 0.4) is 0 Å². The summed E-state index contributed by atoms with van der Waals surface area (Å²) in [6, 6.07) is 8.45. The Kier molecular flexibility index (Phi) is 7.35. The molecule has 31 heavy (non-hydrogen) atoms. The zero-order chi connectivity index (χ0) is 21.6. The van der Waals surface area contributed by atoms with Gasteiger partial charge >= 0.3 is 0 Å². The van der Waals surface area contributed by atoms with Gasteiger partial charge in [0.2, 0.25) is 5.88 Å². The molecule has 7 nitrogen and oxygen atoms in total. The van der Waals surface area contributed by atoms with Crippen molar-refractivity contribution in [3.05, 3.63) is 30.6 Å². The van der Waals surface area contributed by atoms with Gasteiger partial charge in [0.25, 0.3) is 5.91 Å². The molecule has 0 unspecified atom stereocenters. The lowest BCUT2D eigenvalue weighted by Gasteiger charge is -2.41. The number of piperidine rings is 2. The van der Waals surface area contributed by atoms with Crippen LogP contribution in [-0.2, 0) is 4.79 Å². The zero-order valence-electron chi connectivity index (χ0n) is 18.9. The summed E-state index contributed by atoms with van der Waals surface area (Å²) in [7, 11) is 2.22. The van der Waals surface area contributed by atoms with Gasteiger partial charge < -0.3 is 19.4 Å². The summed E-state index contributed by atoms with van der Waals surface area (Å²) >= 11 is 0. The monoisotopic (exact) mass is 425 g/mol. The van der Waals surface area contributed by atoms with Gasteiger partial charge in [0.05, 0.1) is 10.9 Å². The second-order valence-corrected chi connectivity index (χ2v) is 8.93. The van der Waals surface area contributed by atoms with Crippen LogP contribution in [0.1, 0.15) is 32.6 Å². The molecule has 4 rings (SSSR count). The normalized spacial score (nSPS) is 19.5. The van der Waals surface area contributed by atoms with E-state index in [2.05, 4.69) is 26.8 Å². The molecule has 0 saturated carbocycles. The third kappa shape index (κ3) is 5.52. The average Bonchev–Trinajstić information content (AvgIpc) is 2.82. The van der Waals surface area contributed by atoms with Crippen molar-refractivity contribution < 1.29 is 9.53 Å². The first-order valence-corrected chi connectivity index (χ1v) is 11.7. The maximum Gasteiger partial charge on any atom is 0.260 e. The summed E-state index contributed by atoms with van der Waals surface area (Å²) in [5.41, 5.74) is 0.823. The highest BCUT2D eigenvalue weighted by atomic mass is 16.5. The quantitative estimate of drug-likeness (QED) is 0.680. The molecule has 7 heteroatoms. The Morgan fingerprint density at radius 3 is 2.58 bits per heavy atom. The number of aromatic nitrogens is 2. The molecule has 2 aliphatic heterocycles. The predicted octanol–water partition coefficient (Wildman–Crippen LogP) is 2.66. The van der Waals surface area contributed by atoms with Crippen molar-refractivity contribution in [1.82, 2.24) is 24.7 Å². The van der Waals surface area contributed by atoms with Gasteiger partial charge in [-0.15, -0.1) is 0 Å². The largest absolute Gasteiger partial charge is 0.467 e. The van der Waals surface area contributed by atoms with Crippen LogP contribution < -0.4 is 4.74 Å². The van der Waals surface area contributed by atoms with Gasteiger partial charge in [-0.1, -0.05) is 12.1 Å². The van der Waals surface area contributed by atoms with E-state index in [0.29, 0.717) is 18.3 Å². The molecule has 0 spiro atoms. The summed E-state index contributed by atoms with van der Waals surface area (Å²) in [6.07, 6.45) is 6.41. The van der Waals surface area contributed by atoms with Gasteiger partial charge in [0, 0.05) is 19.1 Å². The Morgan fingerprint density at radius 2 is 1.84 bits per heavy atom. The van der Waals surface area contributed by atoms with E-state index >= 15 is 0 Å². The van der Waals surface area contributed by atoms with Gasteiger partial charge in [0.1, 0.15) is 6.33 Å². The summed E-state index contributed by atoms with van der Waals surface area (Å²) in [6.45, 7) is 8.35. The number of para-hydroxylation sites is 1. The lowest BCUT2D eigenvalue weighted by Crippen LogP contribution is -2.48. The van der Waals surface area contributed by atoms with Crippen molar-refractivity contribution in [2.75, 3.05) is 52.9 Å².